The van der Waals surface area contributed by atoms with Gasteiger partial charge >= 0.3 is 0 Å². The minimum absolute atomic E-state index is 0.721. The Balaban J connectivity index is 2.06. The lowest BCUT2D eigenvalue weighted by molar-refractivity contribution is 0.647. The van der Waals surface area contributed by atoms with E-state index < -0.39 is 0 Å². The summed E-state index contributed by atoms with van der Waals surface area (Å²) in [5.74, 6) is 0.721. The topological polar surface area (TPSA) is 12.0 Å². The molecule has 0 aliphatic heterocycles. The number of benzene rings is 2. The first-order valence-electron chi connectivity index (χ1n) is 7.02. The summed E-state index contributed by atoms with van der Waals surface area (Å²) in [5, 5.41) is 3.18. The van der Waals surface area contributed by atoms with Gasteiger partial charge in [-0.25, -0.2) is 0 Å². The first kappa shape index (κ1) is 13.7. The predicted molar refractivity (Wildman–Crippen MR) is 83.8 cm³/mol. The van der Waals surface area contributed by atoms with E-state index in [1.165, 1.54) is 22.4 Å². The standard InChI is InChI=1S/C18H23N/c1-14(2)11-15-7-9-16(10-8-15)12-17-5-4-6-18(13-17)19-3/h4-10,13-14,19H,11-12H2,1-3H3. The smallest absolute Gasteiger partial charge is 0.0340 e. The normalized spacial score (nSPS) is 10.7. The van der Waals surface area contributed by atoms with Gasteiger partial charge in [0.15, 0.2) is 0 Å². The molecule has 0 bridgehead atoms. The maximum atomic E-state index is 3.18. The van der Waals surface area contributed by atoms with Gasteiger partial charge in [-0.3, -0.25) is 0 Å². The van der Waals surface area contributed by atoms with Crippen molar-refractivity contribution >= 4 is 5.69 Å². The first-order valence-corrected chi connectivity index (χ1v) is 7.02. The number of rotatable bonds is 5. The van der Waals surface area contributed by atoms with Crippen molar-refractivity contribution in [2.24, 2.45) is 5.92 Å². The Kier molecular flexibility index (Phi) is 4.62. The second-order valence-electron chi connectivity index (χ2n) is 5.54. The largest absolute Gasteiger partial charge is 0.388 e. The Morgan fingerprint density at radius 1 is 0.895 bits per heavy atom. The molecule has 0 fully saturated rings. The van der Waals surface area contributed by atoms with Crippen molar-refractivity contribution in [1.29, 1.82) is 0 Å². The van der Waals surface area contributed by atoms with Crippen LogP contribution in [0.3, 0.4) is 0 Å². The molecule has 0 saturated carbocycles. The molecule has 0 amide bonds. The molecule has 0 atom stereocenters. The molecular formula is C18H23N. The second kappa shape index (κ2) is 6.42. The van der Waals surface area contributed by atoms with Gasteiger partial charge in [0.1, 0.15) is 0 Å². The molecule has 0 heterocycles. The Bertz CT molecular complexity index is 511. The maximum Gasteiger partial charge on any atom is 0.0340 e. The molecule has 100 valence electrons. The molecule has 1 heteroatoms. The van der Waals surface area contributed by atoms with Crippen LogP contribution in [-0.4, -0.2) is 7.05 Å². The fourth-order valence-corrected chi connectivity index (χ4v) is 2.34. The highest BCUT2D eigenvalue weighted by Crippen LogP contribution is 2.16. The Labute approximate surface area is 116 Å². The molecule has 0 radical (unpaired) electrons. The third kappa shape index (κ3) is 4.13. The van der Waals surface area contributed by atoms with Gasteiger partial charge in [0.05, 0.1) is 0 Å². The molecule has 1 N–H and O–H groups in total. The van der Waals surface area contributed by atoms with E-state index in [1.54, 1.807) is 0 Å². The van der Waals surface area contributed by atoms with E-state index in [4.69, 9.17) is 0 Å². The van der Waals surface area contributed by atoms with E-state index in [2.05, 4.69) is 67.7 Å². The lowest BCUT2D eigenvalue weighted by Crippen LogP contribution is -1.95. The molecule has 0 aliphatic rings. The van der Waals surface area contributed by atoms with E-state index in [1.807, 2.05) is 7.05 Å². The summed E-state index contributed by atoms with van der Waals surface area (Å²) in [6.45, 7) is 4.52. The van der Waals surface area contributed by atoms with Crippen molar-refractivity contribution in [3.05, 3.63) is 65.2 Å². The first-order chi connectivity index (χ1) is 9.17. The minimum Gasteiger partial charge on any atom is -0.388 e. The van der Waals surface area contributed by atoms with Gasteiger partial charge in [-0.2, -0.15) is 0 Å². The molecule has 0 spiro atoms. The predicted octanol–water partition coefficient (Wildman–Crippen LogP) is 4.52. The Morgan fingerprint density at radius 3 is 2.21 bits per heavy atom. The van der Waals surface area contributed by atoms with Crippen molar-refractivity contribution in [1.82, 2.24) is 0 Å². The third-order valence-corrected chi connectivity index (χ3v) is 3.29. The van der Waals surface area contributed by atoms with Crippen molar-refractivity contribution in [2.45, 2.75) is 26.7 Å². The van der Waals surface area contributed by atoms with E-state index in [-0.39, 0.29) is 0 Å². The number of anilines is 1. The second-order valence-corrected chi connectivity index (χ2v) is 5.54. The lowest BCUT2D eigenvalue weighted by atomic mass is 9.99. The van der Waals surface area contributed by atoms with Gasteiger partial charge in [0.2, 0.25) is 0 Å². The minimum atomic E-state index is 0.721. The Morgan fingerprint density at radius 2 is 1.58 bits per heavy atom. The molecule has 0 saturated heterocycles. The quantitative estimate of drug-likeness (QED) is 0.826. The molecule has 0 aliphatic carbocycles. The summed E-state index contributed by atoms with van der Waals surface area (Å²) in [6, 6.07) is 17.6. The average molecular weight is 253 g/mol. The Hall–Kier alpha value is -1.76. The van der Waals surface area contributed by atoms with Crippen molar-refractivity contribution in [3.8, 4) is 0 Å². The van der Waals surface area contributed by atoms with Crippen LogP contribution in [-0.2, 0) is 12.8 Å². The number of hydrogen-bond acceptors (Lipinski definition) is 1. The van der Waals surface area contributed by atoms with Gasteiger partial charge in [0.25, 0.3) is 0 Å². The highest BCUT2D eigenvalue weighted by molar-refractivity contribution is 5.46. The van der Waals surface area contributed by atoms with E-state index in [9.17, 15) is 0 Å². The van der Waals surface area contributed by atoms with Crippen molar-refractivity contribution in [3.63, 3.8) is 0 Å². The van der Waals surface area contributed by atoms with Crippen LogP contribution in [0.5, 0.6) is 0 Å². The van der Waals surface area contributed by atoms with E-state index in [0.29, 0.717) is 0 Å². The zero-order valence-electron chi connectivity index (χ0n) is 12.1. The van der Waals surface area contributed by atoms with Crippen molar-refractivity contribution < 1.29 is 0 Å². The van der Waals surface area contributed by atoms with E-state index in [0.717, 1.165) is 18.8 Å². The summed E-state index contributed by atoms with van der Waals surface area (Å²) >= 11 is 0. The van der Waals surface area contributed by atoms with Crippen LogP contribution in [0.25, 0.3) is 0 Å². The summed E-state index contributed by atoms with van der Waals surface area (Å²) in [7, 11) is 1.96. The van der Waals surface area contributed by atoms with Crippen LogP contribution in [0.4, 0.5) is 5.69 Å². The van der Waals surface area contributed by atoms with Crippen molar-refractivity contribution in [2.75, 3.05) is 12.4 Å². The van der Waals surface area contributed by atoms with Crippen LogP contribution in [0.2, 0.25) is 0 Å². The summed E-state index contributed by atoms with van der Waals surface area (Å²) in [6.07, 6.45) is 2.16. The fourth-order valence-electron chi connectivity index (χ4n) is 2.34. The summed E-state index contributed by atoms with van der Waals surface area (Å²) < 4.78 is 0. The average Bonchev–Trinajstić information content (AvgIpc) is 2.41. The molecule has 2 rings (SSSR count). The SMILES string of the molecule is CNc1cccc(Cc2ccc(CC(C)C)cc2)c1. The zero-order chi connectivity index (χ0) is 13.7. The van der Waals surface area contributed by atoms with Crippen LogP contribution in [0.1, 0.15) is 30.5 Å². The zero-order valence-corrected chi connectivity index (χ0v) is 12.1. The van der Waals surface area contributed by atoms with Gasteiger partial charge in [-0.15, -0.1) is 0 Å². The van der Waals surface area contributed by atoms with E-state index >= 15 is 0 Å². The molecular weight excluding hydrogens is 230 g/mol. The highest BCUT2D eigenvalue weighted by atomic mass is 14.8. The van der Waals surface area contributed by atoms with Gasteiger partial charge < -0.3 is 5.32 Å². The molecule has 2 aromatic rings. The fraction of sp³-hybridized carbons (Fsp3) is 0.333. The third-order valence-electron chi connectivity index (χ3n) is 3.29. The van der Waals surface area contributed by atoms with Crippen LogP contribution >= 0.6 is 0 Å². The summed E-state index contributed by atoms with van der Waals surface area (Å²) in [5.41, 5.74) is 5.33. The number of hydrogen-bond donors (Lipinski definition) is 1. The molecule has 0 aromatic heterocycles. The van der Waals surface area contributed by atoms with Crippen LogP contribution in [0, 0.1) is 5.92 Å². The van der Waals surface area contributed by atoms with Crippen LogP contribution in [0.15, 0.2) is 48.5 Å². The lowest BCUT2D eigenvalue weighted by Gasteiger charge is -2.08. The summed E-state index contributed by atoms with van der Waals surface area (Å²) in [4.78, 5) is 0. The molecule has 1 nitrogen and oxygen atoms in total. The van der Waals surface area contributed by atoms with Gasteiger partial charge in [-0.1, -0.05) is 50.2 Å². The van der Waals surface area contributed by atoms with Gasteiger partial charge in [-0.05, 0) is 47.6 Å². The maximum absolute atomic E-state index is 3.18. The monoisotopic (exact) mass is 253 g/mol. The number of nitrogens with one attached hydrogen (secondary N) is 1. The van der Waals surface area contributed by atoms with Gasteiger partial charge in [0, 0.05) is 12.7 Å². The molecule has 0 unspecified atom stereocenters. The van der Waals surface area contributed by atoms with Crippen LogP contribution < -0.4 is 5.32 Å². The molecule has 2 aromatic carbocycles. The highest BCUT2D eigenvalue weighted by Gasteiger charge is 2.00. The molecule has 19 heavy (non-hydrogen) atoms.